The van der Waals surface area contributed by atoms with Crippen LogP contribution < -0.4 is 11.1 Å². The minimum Gasteiger partial charge on any atom is -0.330 e. The zero-order valence-electron chi connectivity index (χ0n) is 6.40. The monoisotopic (exact) mass is 140 g/mol. The Morgan fingerprint density at radius 1 is 1.30 bits per heavy atom. The molecule has 3 N–H and O–H groups in total. The first-order valence-electron chi connectivity index (χ1n) is 3.76. The van der Waals surface area contributed by atoms with Crippen molar-refractivity contribution in [1.82, 2.24) is 5.32 Å². The third-order valence-electron chi connectivity index (χ3n) is 1.23. The van der Waals surface area contributed by atoms with E-state index in [4.69, 9.17) is 12.2 Å². The third-order valence-corrected chi connectivity index (χ3v) is 1.23. The van der Waals surface area contributed by atoms with E-state index in [1.54, 1.807) is 0 Å². The van der Waals surface area contributed by atoms with Crippen LogP contribution in [0.4, 0.5) is 0 Å². The van der Waals surface area contributed by atoms with Gasteiger partial charge in [-0.1, -0.05) is 0 Å². The average Bonchev–Trinajstić information content (AvgIpc) is 1.97. The Bertz CT molecular complexity index is 93.9. The van der Waals surface area contributed by atoms with Gasteiger partial charge in [0.2, 0.25) is 0 Å². The lowest BCUT2D eigenvalue weighted by Gasteiger charge is -1.99. The second kappa shape index (κ2) is 8.48. The number of nitrogens with two attached hydrogens (primary N) is 1. The first-order chi connectivity index (χ1) is 4.91. The van der Waals surface area contributed by atoms with Crippen LogP contribution in [0, 0.1) is 12.3 Å². The summed E-state index contributed by atoms with van der Waals surface area (Å²) < 4.78 is 0. The van der Waals surface area contributed by atoms with Crippen LogP contribution >= 0.6 is 0 Å². The maximum atomic E-state index is 5.30. The zero-order valence-corrected chi connectivity index (χ0v) is 6.40. The van der Waals surface area contributed by atoms with E-state index in [0.29, 0.717) is 0 Å². The van der Waals surface area contributed by atoms with Gasteiger partial charge in [0.05, 0.1) is 0 Å². The Hall–Kier alpha value is -0.520. The highest BCUT2D eigenvalue weighted by atomic mass is 14.8. The first kappa shape index (κ1) is 9.48. The summed E-state index contributed by atoms with van der Waals surface area (Å²) in [4.78, 5) is 0. The highest BCUT2D eigenvalue weighted by molar-refractivity contribution is 4.83. The van der Waals surface area contributed by atoms with Gasteiger partial charge in [-0.2, -0.15) is 0 Å². The van der Waals surface area contributed by atoms with Crippen molar-refractivity contribution >= 4 is 0 Å². The Morgan fingerprint density at radius 2 is 2.00 bits per heavy atom. The number of nitrogens with one attached hydrogen (secondary N) is 1. The third kappa shape index (κ3) is 7.48. The van der Waals surface area contributed by atoms with Crippen LogP contribution in [-0.2, 0) is 0 Å². The van der Waals surface area contributed by atoms with Crippen molar-refractivity contribution in [3.05, 3.63) is 0 Å². The normalized spacial score (nSPS) is 9.20. The Labute approximate surface area is 63.2 Å². The zero-order chi connectivity index (χ0) is 7.66. The van der Waals surface area contributed by atoms with Crippen molar-refractivity contribution in [2.24, 2.45) is 5.73 Å². The summed E-state index contributed by atoms with van der Waals surface area (Å²) >= 11 is 0. The van der Waals surface area contributed by atoms with Crippen molar-refractivity contribution in [1.29, 1.82) is 0 Å². The molecule has 0 saturated heterocycles. The molecule has 10 heavy (non-hydrogen) atoms. The molecule has 0 aliphatic heterocycles. The highest BCUT2D eigenvalue weighted by Gasteiger charge is 1.84. The van der Waals surface area contributed by atoms with E-state index in [1.807, 2.05) is 0 Å². The molecule has 0 atom stereocenters. The molecule has 0 aliphatic carbocycles. The summed E-state index contributed by atoms with van der Waals surface area (Å²) in [5.74, 6) is 2.59. The van der Waals surface area contributed by atoms with Crippen LogP contribution in [0.2, 0.25) is 0 Å². The molecule has 0 aliphatic rings. The van der Waals surface area contributed by atoms with Crippen molar-refractivity contribution in [3.8, 4) is 12.3 Å². The number of hydrogen-bond acceptors (Lipinski definition) is 2. The molecule has 0 radical (unpaired) electrons. The molecule has 0 amide bonds. The standard InChI is InChI=1S/C8H16N2/c1-2-3-4-7-10-8-5-6-9/h1,10H,3-9H2. The summed E-state index contributed by atoms with van der Waals surface area (Å²) in [6, 6.07) is 0. The van der Waals surface area contributed by atoms with E-state index in [-0.39, 0.29) is 0 Å². The summed E-state index contributed by atoms with van der Waals surface area (Å²) in [5, 5.41) is 3.25. The van der Waals surface area contributed by atoms with E-state index in [9.17, 15) is 0 Å². The number of terminal acetylenes is 1. The summed E-state index contributed by atoms with van der Waals surface area (Å²) in [6.07, 6.45) is 8.06. The lowest BCUT2D eigenvalue weighted by Crippen LogP contribution is -2.19. The second-order valence-corrected chi connectivity index (χ2v) is 2.20. The van der Waals surface area contributed by atoms with Gasteiger partial charge in [0.15, 0.2) is 0 Å². The van der Waals surface area contributed by atoms with Crippen molar-refractivity contribution < 1.29 is 0 Å². The molecular weight excluding hydrogens is 124 g/mol. The lowest BCUT2D eigenvalue weighted by atomic mass is 10.3. The Balaban J connectivity index is 2.72. The average molecular weight is 140 g/mol. The minimum atomic E-state index is 0.766. The van der Waals surface area contributed by atoms with Gasteiger partial charge in [-0.15, -0.1) is 12.3 Å². The molecule has 0 aromatic rings. The van der Waals surface area contributed by atoms with Crippen molar-refractivity contribution in [2.45, 2.75) is 19.3 Å². The molecule has 0 aromatic carbocycles. The Kier molecular flexibility index (Phi) is 8.04. The second-order valence-electron chi connectivity index (χ2n) is 2.20. The fourth-order valence-corrected chi connectivity index (χ4v) is 0.668. The van der Waals surface area contributed by atoms with Gasteiger partial charge >= 0.3 is 0 Å². The predicted molar refractivity (Wildman–Crippen MR) is 44.6 cm³/mol. The minimum absolute atomic E-state index is 0.766. The van der Waals surface area contributed by atoms with Crippen LogP contribution in [0.15, 0.2) is 0 Å². The van der Waals surface area contributed by atoms with Crippen LogP contribution in [0.25, 0.3) is 0 Å². The largest absolute Gasteiger partial charge is 0.330 e. The fourth-order valence-electron chi connectivity index (χ4n) is 0.668. The van der Waals surface area contributed by atoms with E-state index in [1.165, 1.54) is 0 Å². The molecule has 0 aromatic heterocycles. The quantitative estimate of drug-likeness (QED) is 0.412. The molecule has 58 valence electrons. The van der Waals surface area contributed by atoms with E-state index >= 15 is 0 Å². The van der Waals surface area contributed by atoms with Crippen LogP contribution in [-0.4, -0.2) is 19.6 Å². The van der Waals surface area contributed by atoms with Crippen molar-refractivity contribution in [3.63, 3.8) is 0 Å². The summed E-state index contributed by atoms with van der Waals surface area (Å²) in [6.45, 7) is 2.80. The lowest BCUT2D eigenvalue weighted by molar-refractivity contribution is 0.633. The maximum Gasteiger partial charge on any atom is 0.00981 e. The fraction of sp³-hybridized carbons (Fsp3) is 0.750. The Morgan fingerprint density at radius 3 is 2.60 bits per heavy atom. The number of hydrogen-bond donors (Lipinski definition) is 2. The van der Waals surface area contributed by atoms with Gasteiger partial charge in [-0.3, -0.25) is 0 Å². The van der Waals surface area contributed by atoms with E-state index < -0.39 is 0 Å². The molecule has 0 spiro atoms. The van der Waals surface area contributed by atoms with Crippen molar-refractivity contribution in [2.75, 3.05) is 19.6 Å². The van der Waals surface area contributed by atoms with Crippen LogP contribution in [0.5, 0.6) is 0 Å². The predicted octanol–water partition coefficient (Wildman–Crippen LogP) is 0.338. The van der Waals surface area contributed by atoms with Crippen LogP contribution in [0.3, 0.4) is 0 Å². The van der Waals surface area contributed by atoms with Gasteiger partial charge in [-0.25, -0.2) is 0 Å². The molecule has 0 saturated carbocycles. The van der Waals surface area contributed by atoms with Crippen LogP contribution in [0.1, 0.15) is 19.3 Å². The molecule has 0 bridgehead atoms. The molecule has 2 nitrogen and oxygen atoms in total. The number of rotatable bonds is 6. The molecular formula is C8H16N2. The molecule has 0 heterocycles. The van der Waals surface area contributed by atoms with E-state index in [0.717, 1.165) is 38.9 Å². The maximum absolute atomic E-state index is 5.30. The van der Waals surface area contributed by atoms with Gasteiger partial charge in [0.25, 0.3) is 0 Å². The molecule has 2 heteroatoms. The van der Waals surface area contributed by atoms with Gasteiger partial charge in [0, 0.05) is 6.42 Å². The SMILES string of the molecule is C#CCCCNCCCN. The molecule has 0 rings (SSSR count). The summed E-state index contributed by atoms with van der Waals surface area (Å²) in [5.41, 5.74) is 5.30. The molecule has 0 fully saturated rings. The van der Waals surface area contributed by atoms with Gasteiger partial charge in [0.1, 0.15) is 0 Å². The van der Waals surface area contributed by atoms with Gasteiger partial charge in [-0.05, 0) is 32.5 Å². The van der Waals surface area contributed by atoms with E-state index in [2.05, 4.69) is 11.2 Å². The first-order valence-corrected chi connectivity index (χ1v) is 3.76. The highest BCUT2D eigenvalue weighted by Crippen LogP contribution is 1.82. The smallest absolute Gasteiger partial charge is 0.00981 e. The topological polar surface area (TPSA) is 38.0 Å². The molecule has 0 unspecified atom stereocenters. The summed E-state index contributed by atoms with van der Waals surface area (Å²) in [7, 11) is 0. The number of unbranched alkanes of at least 4 members (excludes halogenated alkanes) is 1. The van der Waals surface area contributed by atoms with Gasteiger partial charge < -0.3 is 11.1 Å².